The van der Waals surface area contributed by atoms with E-state index in [0.717, 1.165) is 0 Å². The van der Waals surface area contributed by atoms with E-state index in [4.69, 9.17) is 0 Å². The van der Waals surface area contributed by atoms with Gasteiger partial charge < -0.3 is 0 Å². The summed E-state index contributed by atoms with van der Waals surface area (Å²) in [5, 5.41) is 0. The Kier molecular flexibility index (Phi) is 2.84. The molecule has 0 fully saturated rings. The van der Waals surface area contributed by atoms with Crippen LogP contribution in [-0.2, 0) is 0 Å². The van der Waals surface area contributed by atoms with Gasteiger partial charge in [-0.3, -0.25) is 4.98 Å². The van der Waals surface area contributed by atoms with Gasteiger partial charge in [0.2, 0.25) is 0 Å². The van der Waals surface area contributed by atoms with Gasteiger partial charge in [0.25, 0.3) is 0 Å². The summed E-state index contributed by atoms with van der Waals surface area (Å²) in [6, 6.07) is 12.4. The zero-order chi connectivity index (χ0) is 9.80. The van der Waals surface area contributed by atoms with Gasteiger partial charge in [-0.15, -0.1) is 0 Å². The fraction of sp³-hybridized carbons (Fsp3) is 0.0833. The summed E-state index contributed by atoms with van der Waals surface area (Å²) < 4.78 is 0. The van der Waals surface area contributed by atoms with Crippen LogP contribution < -0.4 is 0 Å². The fourth-order valence-electron chi connectivity index (χ4n) is 1.17. The highest BCUT2D eigenvalue weighted by molar-refractivity contribution is 7.99. The van der Waals surface area contributed by atoms with Crippen molar-refractivity contribution in [2.45, 2.75) is 16.7 Å². The van der Waals surface area contributed by atoms with Crippen LogP contribution in [0.1, 0.15) is 5.56 Å². The Hall–Kier alpha value is -1.28. The lowest BCUT2D eigenvalue weighted by Crippen LogP contribution is -1.80. The van der Waals surface area contributed by atoms with Gasteiger partial charge in [0, 0.05) is 22.2 Å². The molecule has 1 heterocycles. The van der Waals surface area contributed by atoms with Crippen molar-refractivity contribution < 1.29 is 0 Å². The van der Waals surface area contributed by atoms with Gasteiger partial charge in [0.05, 0.1) is 0 Å². The van der Waals surface area contributed by atoms with Gasteiger partial charge >= 0.3 is 0 Å². The number of hydrogen-bond acceptors (Lipinski definition) is 2. The Bertz CT molecular complexity index is 412. The highest BCUT2D eigenvalue weighted by atomic mass is 32.2. The van der Waals surface area contributed by atoms with Gasteiger partial charge in [0.1, 0.15) is 0 Å². The van der Waals surface area contributed by atoms with Gasteiger partial charge in [-0.1, -0.05) is 30.0 Å². The Morgan fingerprint density at radius 1 is 1.07 bits per heavy atom. The number of aryl methyl sites for hydroxylation is 1. The van der Waals surface area contributed by atoms with Crippen LogP contribution in [0.25, 0.3) is 0 Å². The summed E-state index contributed by atoms with van der Waals surface area (Å²) >= 11 is 1.75. The quantitative estimate of drug-likeness (QED) is 0.737. The van der Waals surface area contributed by atoms with Crippen molar-refractivity contribution in [2.75, 3.05) is 0 Å². The van der Waals surface area contributed by atoms with Crippen LogP contribution in [0.5, 0.6) is 0 Å². The molecule has 0 atom stereocenters. The van der Waals surface area contributed by atoms with E-state index in [2.05, 4.69) is 24.0 Å². The molecule has 0 unspecified atom stereocenters. The van der Waals surface area contributed by atoms with Gasteiger partial charge in [-0.05, 0) is 30.7 Å². The van der Waals surface area contributed by atoms with E-state index in [0.29, 0.717) is 0 Å². The molecule has 0 N–H and O–H groups in total. The fourth-order valence-corrected chi connectivity index (χ4v) is 2.06. The number of rotatable bonds is 2. The van der Waals surface area contributed by atoms with E-state index in [1.165, 1.54) is 15.4 Å². The molecule has 0 amide bonds. The molecular formula is C12H11NS. The molecule has 0 aliphatic rings. The SMILES string of the molecule is Cc1ccncc1Sc1ccccc1. The number of pyridine rings is 1. The lowest BCUT2D eigenvalue weighted by molar-refractivity contribution is 1.17. The molecule has 2 heteroatoms. The van der Waals surface area contributed by atoms with Crippen molar-refractivity contribution in [3.05, 3.63) is 54.4 Å². The Labute approximate surface area is 88.2 Å². The Balaban J connectivity index is 2.24. The molecule has 1 nitrogen and oxygen atoms in total. The van der Waals surface area contributed by atoms with Crippen LogP contribution in [0.15, 0.2) is 58.6 Å². The molecule has 0 saturated heterocycles. The molecule has 0 bridgehead atoms. The molecule has 2 rings (SSSR count). The highest BCUT2D eigenvalue weighted by Gasteiger charge is 1.99. The standard InChI is InChI=1S/C12H11NS/c1-10-7-8-13-9-12(10)14-11-5-3-2-4-6-11/h2-9H,1H3. The van der Waals surface area contributed by atoms with E-state index in [1.54, 1.807) is 11.8 Å². The third kappa shape index (κ3) is 2.15. The van der Waals surface area contributed by atoms with Crippen LogP contribution in [0.3, 0.4) is 0 Å². The zero-order valence-electron chi connectivity index (χ0n) is 7.97. The highest BCUT2D eigenvalue weighted by Crippen LogP contribution is 2.28. The summed E-state index contributed by atoms with van der Waals surface area (Å²) in [5.74, 6) is 0. The summed E-state index contributed by atoms with van der Waals surface area (Å²) in [5.41, 5.74) is 1.27. The molecule has 14 heavy (non-hydrogen) atoms. The van der Waals surface area contributed by atoms with Gasteiger partial charge in [-0.25, -0.2) is 0 Å². The van der Waals surface area contributed by atoms with Gasteiger partial charge in [-0.2, -0.15) is 0 Å². The summed E-state index contributed by atoms with van der Waals surface area (Å²) in [7, 11) is 0. The predicted molar refractivity (Wildman–Crippen MR) is 59.5 cm³/mol. The van der Waals surface area contributed by atoms with Crippen molar-refractivity contribution in [3.63, 3.8) is 0 Å². The Morgan fingerprint density at radius 3 is 2.57 bits per heavy atom. The molecule has 0 radical (unpaired) electrons. The van der Waals surface area contributed by atoms with E-state index in [1.807, 2.05) is 36.7 Å². The first-order valence-electron chi connectivity index (χ1n) is 4.50. The molecule has 0 aliphatic carbocycles. The molecule has 0 saturated carbocycles. The van der Waals surface area contributed by atoms with E-state index >= 15 is 0 Å². The van der Waals surface area contributed by atoms with Crippen LogP contribution >= 0.6 is 11.8 Å². The molecule has 0 spiro atoms. The summed E-state index contributed by atoms with van der Waals surface area (Å²) in [6.07, 6.45) is 3.73. The zero-order valence-corrected chi connectivity index (χ0v) is 8.79. The van der Waals surface area contributed by atoms with Crippen molar-refractivity contribution in [3.8, 4) is 0 Å². The van der Waals surface area contributed by atoms with Crippen LogP contribution in [0, 0.1) is 6.92 Å². The monoisotopic (exact) mass is 201 g/mol. The smallest absolute Gasteiger partial charge is 0.0410 e. The van der Waals surface area contributed by atoms with Crippen molar-refractivity contribution >= 4 is 11.8 Å². The molecule has 70 valence electrons. The first-order chi connectivity index (χ1) is 6.86. The van der Waals surface area contributed by atoms with E-state index in [9.17, 15) is 0 Å². The topological polar surface area (TPSA) is 12.9 Å². The van der Waals surface area contributed by atoms with E-state index in [-0.39, 0.29) is 0 Å². The maximum absolute atomic E-state index is 4.12. The summed E-state index contributed by atoms with van der Waals surface area (Å²) in [6.45, 7) is 2.10. The van der Waals surface area contributed by atoms with Crippen LogP contribution in [0.2, 0.25) is 0 Å². The number of benzene rings is 1. The average Bonchev–Trinajstić information content (AvgIpc) is 2.23. The minimum absolute atomic E-state index is 1.22. The van der Waals surface area contributed by atoms with Crippen molar-refractivity contribution in [2.24, 2.45) is 0 Å². The van der Waals surface area contributed by atoms with Crippen LogP contribution in [-0.4, -0.2) is 4.98 Å². The number of aromatic nitrogens is 1. The molecule has 0 aliphatic heterocycles. The first kappa shape index (κ1) is 9.28. The number of hydrogen-bond donors (Lipinski definition) is 0. The maximum Gasteiger partial charge on any atom is 0.0410 e. The summed E-state index contributed by atoms with van der Waals surface area (Å²) in [4.78, 5) is 6.60. The second-order valence-corrected chi connectivity index (χ2v) is 4.17. The van der Waals surface area contributed by atoms with E-state index < -0.39 is 0 Å². The lowest BCUT2D eigenvalue weighted by atomic mass is 10.3. The second kappa shape index (κ2) is 4.29. The molecular weight excluding hydrogens is 190 g/mol. The third-order valence-electron chi connectivity index (χ3n) is 1.96. The maximum atomic E-state index is 4.12. The second-order valence-electron chi connectivity index (χ2n) is 3.06. The molecule has 1 aromatic heterocycles. The minimum Gasteiger partial charge on any atom is -0.264 e. The normalized spacial score (nSPS) is 10.1. The van der Waals surface area contributed by atoms with Gasteiger partial charge in [0.15, 0.2) is 0 Å². The molecule has 2 aromatic rings. The van der Waals surface area contributed by atoms with Crippen molar-refractivity contribution in [1.29, 1.82) is 0 Å². The predicted octanol–water partition coefficient (Wildman–Crippen LogP) is 3.54. The Morgan fingerprint density at radius 2 is 1.86 bits per heavy atom. The largest absolute Gasteiger partial charge is 0.264 e. The first-order valence-corrected chi connectivity index (χ1v) is 5.31. The minimum atomic E-state index is 1.22. The average molecular weight is 201 g/mol. The lowest BCUT2D eigenvalue weighted by Gasteiger charge is -2.03. The molecule has 1 aromatic carbocycles. The van der Waals surface area contributed by atoms with Crippen LogP contribution in [0.4, 0.5) is 0 Å². The number of nitrogens with zero attached hydrogens (tertiary/aromatic N) is 1. The van der Waals surface area contributed by atoms with Crippen molar-refractivity contribution in [1.82, 2.24) is 4.98 Å². The third-order valence-corrected chi connectivity index (χ3v) is 3.12.